The van der Waals surface area contributed by atoms with Gasteiger partial charge in [-0.3, -0.25) is 9.69 Å². The molecule has 2 N–H and O–H groups in total. The van der Waals surface area contributed by atoms with Crippen molar-refractivity contribution in [2.45, 2.75) is 25.4 Å². The molecule has 0 aliphatic carbocycles. The van der Waals surface area contributed by atoms with Gasteiger partial charge in [0.25, 0.3) is 0 Å². The van der Waals surface area contributed by atoms with E-state index < -0.39 is 23.2 Å². The maximum atomic E-state index is 13.5. The van der Waals surface area contributed by atoms with E-state index in [1.807, 2.05) is 0 Å². The van der Waals surface area contributed by atoms with Crippen LogP contribution in [-0.2, 0) is 6.18 Å². The summed E-state index contributed by atoms with van der Waals surface area (Å²) >= 11 is 0. The van der Waals surface area contributed by atoms with Gasteiger partial charge in [-0.15, -0.1) is 0 Å². The highest BCUT2D eigenvalue weighted by atomic mass is 19.4. The van der Waals surface area contributed by atoms with Crippen LogP contribution in [-0.4, -0.2) is 37.0 Å². The number of ether oxygens (including phenoxy) is 1. The number of carbonyl (C=O) groups is 1. The fraction of sp³-hybridized carbons (Fsp3) is 0.381. The third kappa shape index (κ3) is 4.84. The van der Waals surface area contributed by atoms with Crippen molar-refractivity contribution >= 4 is 5.91 Å². The van der Waals surface area contributed by atoms with Gasteiger partial charge in [-0.25, -0.2) is 0 Å². The van der Waals surface area contributed by atoms with Crippen LogP contribution >= 0.6 is 0 Å². The number of rotatable bonds is 6. The zero-order valence-electron chi connectivity index (χ0n) is 15.5. The lowest BCUT2D eigenvalue weighted by Gasteiger charge is -2.26. The number of primary amides is 1. The molecule has 1 heterocycles. The summed E-state index contributed by atoms with van der Waals surface area (Å²) in [5, 5.41) is 0. The van der Waals surface area contributed by atoms with Crippen LogP contribution in [0.1, 0.15) is 35.2 Å². The normalized spacial score (nSPS) is 15.4. The molecule has 0 spiro atoms. The highest BCUT2D eigenvalue weighted by Gasteiger charge is 2.37. The molecule has 1 amide bonds. The van der Waals surface area contributed by atoms with Crippen LogP contribution < -0.4 is 10.5 Å². The second kappa shape index (κ2) is 8.65. The molecule has 0 atom stereocenters. The molecule has 28 heavy (non-hydrogen) atoms. The number of halogens is 3. The van der Waals surface area contributed by atoms with Gasteiger partial charge in [-0.2, -0.15) is 13.2 Å². The van der Waals surface area contributed by atoms with Crippen molar-refractivity contribution in [1.82, 2.24) is 4.90 Å². The molecule has 2 aromatic rings. The Labute approximate surface area is 162 Å². The van der Waals surface area contributed by atoms with E-state index >= 15 is 0 Å². The van der Waals surface area contributed by atoms with Crippen molar-refractivity contribution in [3.63, 3.8) is 0 Å². The van der Waals surface area contributed by atoms with Gasteiger partial charge in [-0.05, 0) is 55.3 Å². The zero-order valence-corrected chi connectivity index (χ0v) is 15.5. The summed E-state index contributed by atoms with van der Waals surface area (Å²) in [5.74, 6) is -0.507. The number of amides is 1. The molecule has 1 saturated heterocycles. The van der Waals surface area contributed by atoms with Crippen LogP contribution in [0.4, 0.5) is 13.2 Å². The molecule has 2 aromatic carbocycles. The van der Waals surface area contributed by atoms with Crippen molar-refractivity contribution < 1.29 is 22.7 Å². The van der Waals surface area contributed by atoms with E-state index in [-0.39, 0.29) is 5.56 Å². The third-order valence-corrected chi connectivity index (χ3v) is 4.90. The molecule has 0 aromatic heterocycles. The highest BCUT2D eigenvalue weighted by molar-refractivity contribution is 5.96. The van der Waals surface area contributed by atoms with Crippen molar-refractivity contribution in [1.29, 1.82) is 0 Å². The topological polar surface area (TPSA) is 55.6 Å². The quantitative estimate of drug-likeness (QED) is 0.796. The molecular weight excluding hydrogens is 369 g/mol. The van der Waals surface area contributed by atoms with Crippen LogP contribution in [0.25, 0.3) is 11.1 Å². The minimum absolute atomic E-state index is 0.0799. The lowest BCUT2D eigenvalue weighted by Crippen LogP contribution is -2.33. The molecule has 0 bridgehead atoms. The fourth-order valence-corrected chi connectivity index (χ4v) is 3.51. The van der Waals surface area contributed by atoms with Gasteiger partial charge in [0.1, 0.15) is 12.4 Å². The minimum Gasteiger partial charge on any atom is -0.492 e. The molecule has 0 radical (unpaired) electrons. The lowest BCUT2D eigenvalue weighted by atomic mass is 9.94. The predicted octanol–water partition coefficient (Wildman–Crippen LogP) is 4.34. The molecular formula is C21H23F3N2O2. The van der Waals surface area contributed by atoms with Crippen LogP contribution in [0.5, 0.6) is 5.75 Å². The summed E-state index contributed by atoms with van der Waals surface area (Å²) in [5.41, 5.74) is 3.85. The number of hydrogen-bond donors (Lipinski definition) is 1. The minimum atomic E-state index is -4.69. The largest absolute Gasteiger partial charge is 0.492 e. The van der Waals surface area contributed by atoms with Gasteiger partial charge in [0.15, 0.2) is 0 Å². The Hall–Kier alpha value is -2.54. The Morgan fingerprint density at radius 2 is 1.71 bits per heavy atom. The van der Waals surface area contributed by atoms with E-state index in [9.17, 15) is 18.0 Å². The van der Waals surface area contributed by atoms with Gasteiger partial charge in [0.05, 0.1) is 11.1 Å². The van der Waals surface area contributed by atoms with Gasteiger partial charge in [0.2, 0.25) is 5.91 Å². The predicted molar refractivity (Wildman–Crippen MR) is 101 cm³/mol. The van der Waals surface area contributed by atoms with Crippen LogP contribution in [0.2, 0.25) is 0 Å². The monoisotopic (exact) mass is 392 g/mol. The molecule has 0 saturated carbocycles. The Morgan fingerprint density at radius 3 is 2.32 bits per heavy atom. The Kier molecular flexibility index (Phi) is 6.24. The van der Waals surface area contributed by atoms with Crippen molar-refractivity contribution in [2.24, 2.45) is 5.73 Å². The average molecular weight is 392 g/mol. The number of likely N-dealkylation sites (tertiary alicyclic amines) is 1. The van der Waals surface area contributed by atoms with Crippen molar-refractivity contribution in [2.75, 3.05) is 26.2 Å². The molecule has 1 aliphatic rings. The number of piperidine rings is 1. The molecule has 0 unspecified atom stereocenters. The van der Waals surface area contributed by atoms with E-state index in [2.05, 4.69) is 4.90 Å². The van der Waals surface area contributed by atoms with Gasteiger partial charge >= 0.3 is 6.18 Å². The summed E-state index contributed by atoms with van der Waals surface area (Å²) in [6.45, 7) is 3.53. The maximum Gasteiger partial charge on any atom is 0.417 e. The Bertz CT molecular complexity index is 813. The van der Waals surface area contributed by atoms with Crippen LogP contribution in [0.3, 0.4) is 0 Å². The van der Waals surface area contributed by atoms with E-state index in [0.717, 1.165) is 25.7 Å². The Balaban J connectivity index is 1.74. The first-order valence-electron chi connectivity index (χ1n) is 9.32. The number of alkyl halides is 3. The van der Waals surface area contributed by atoms with E-state index in [1.54, 1.807) is 24.3 Å². The molecule has 1 fully saturated rings. The standard InChI is InChI=1S/C21H23F3N2O2/c22-21(23,24)19-17(5-4-6-18(19)20(25)27)15-7-9-16(10-8-15)28-14-13-26-11-2-1-3-12-26/h4-10H,1-3,11-14H2,(H2,25,27). The first-order valence-corrected chi connectivity index (χ1v) is 9.32. The molecule has 7 heteroatoms. The maximum absolute atomic E-state index is 13.5. The lowest BCUT2D eigenvalue weighted by molar-refractivity contribution is -0.137. The molecule has 1 aliphatic heterocycles. The van der Waals surface area contributed by atoms with E-state index in [0.29, 0.717) is 17.9 Å². The van der Waals surface area contributed by atoms with Gasteiger partial charge < -0.3 is 10.5 Å². The number of hydrogen-bond acceptors (Lipinski definition) is 3. The molecule has 150 valence electrons. The summed E-state index contributed by atoms with van der Waals surface area (Å²) < 4.78 is 46.3. The second-order valence-corrected chi connectivity index (χ2v) is 6.87. The number of nitrogens with two attached hydrogens (primary N) is 1. The first kappa shape index (κ1) is 20.2. The van der Waals surface area contributed by atoms with Crippen LogP contribution in [0, 0.1) is 0 Å². The third-order valence-electron chi connectivity index (χ3n) is 4.90. The number of nitrogens with zero attached hydrogens (tertiary/aromatic N) is 1. The van der Waals surface area contributed by atoms with E-state index in [1.165, 1.54) is 31.4 Å². The average Bonchev–Trinajstić information content (AvgIpc) is 2.68. The summed E-state index contributed by atoms with van der Waals surface area (Å²) in [7, 11) is 0. The molecule has 3 rings (SSSR count). The zero-order chi connectivity index (χ0) is 20.1. The number of carbonyl (C=O) groups excluding carboxylic acids is 1. The fourth-order valence-electron chi connectivity index (χ4n) is 3.51. The smallest absolute Gasteiger partial charge is 0.417 e. The Morgan fingerprint density at radius 1 is 1.04 bits per heavy atom. The highest BCUT2D eigenvalue weighted by Crippen LogP contribution is 2.39. The number of benzene rings is 2. The van der Waals surface area contributed by atoms with Crippen LogP contribution in [0.15, 0.2) is 42.5 Å². The van der Waals surface area contributed by atoms with Crippen molar-refractivity contribution in [3.05, 3.63) is 53.6 Å². The summed E-state index contributed by atoms with van der Waals surface area (Å²) in [4.78, 5) is 13.8. The second-order valence-electron chi connectivity index (χ2n) is 6.87. The summed E-state index contributed by atoms with van der Waals surface area (Å²) in [6, 6.07) is 10.2. The summed E-state index contributed by atoms with van der Waals surface area (Å²) in [6.07, 6.45) is -0.999. The SMILES string of the molecule is NC(=O)c1cccc(-c2ccc(OCCN3CCCCC3)cc2)c1C(F)(F)F. The van der Waals surface area contributed by atoms with Crippen molar-refractivity contribution in [3.8, 4) is 16.9 Å². The van der Waals surface area contributed by atoms with Gasteiger partial charge in [0, 0.05) is 6.54 Å². The van der Waals surface area contributed by atoms with Gasteiger partial charge in [-0.1, -0.05) is 30.7 Å². The first-order chi connectivity index (χ1) is 13.4. The molecule has 4 nitrogen and oxygen atoms in total. The van der Waals surface area contributed by atoms with E-state index in [4.69, 9.17) is 10.5 Å².